The van der Waals surface area contributed by atoms with Crippen LogP contribution in [0.3, 0.4) is 0 Å². The molecule has 1 aromatic carbocycles. The molecule has 5 heteroatoms. The molecular formula is C22H31N5. The molecule has 0 spiro atoms. The molecule has 2 aromatic rings. The van der Waals surface area contributed by atoms with E-state index in [1.165, 1.54) is 24.8 Å². The molecule has 1 saturated heterocycles. The van der Waals surface area contributed by atoms with Gasteiger partial charge in [0.2, 0.25) is 0 Å². The van der Waals surface area contributed by atoms with Crippen molar-refractivity contribution in [3.8, 4) is 0 Å². The largest absolute Gasteiger partial charge is 0.357 e. The first-order valence-electron chi connectivity index (χ1n) is 10.3. The van der Waals surface area contributed by atoms with Gasteiger partial charge in [0, 0.05) is 37.4 Å². The first-order valence-corrected chi connectivity index (χ1v) is 10.3. The van der Waals surface area contributed by atoms with E-state index in [1.807, 2.05) is 12.5 Å². The van der Waals surface area contributed by atoms with Crippen molar-refractivity contribution >= 4 is 5.96 Å². The third-order valence-electron chi connectivity index (χ3n) is 6.23. The van der Waals surface area contributed by atoms with Gasteiger partial charge in [-0.15, -0.1) is 0 Å². The highest BCUT2D eigenvalue weighted by Crippen LogP contribution is 2.48. The van der Waals surface area contributed by atoms with Crippen LogP contribution in [-0.4, -0.2) is 46.6 Å². The molecule has 2 heterocycles. The molecule has 0 amide bonds. The quantitative estimate of drug-likeness (QED) is 0.652. The van der Waals surface area contributed by atoms with Crippen molar-refractivity contribution in [2.45, 2.75) is 44.6 Å². The lowest BCUT2D eigenvalue weighted by Gasteiger charge is -2.39. The molecule has 5 nitrogen and oxygen atoms in total. The van der Waals surface area contributed by atoms with E-state index in [0.717, 1.165) is 32.1 Å². The smallest absolute Gasteiger partial charge is 0.194 e. The first kappa shape index (κ1) is 18.1. The average Bonchev–Trinajstić information content (AvgIpc) is 3.30. The van der Waals surface area contributed by atoms with E-state index in [0.29, 0.717) is 12.0 Å². The molecular weight excluding hydrogens is 334 g/mol. The molecule has 2 unspecified atom stereocenters. The Morgan fingerprint density at radius 1 is 1.30 bits per heavy atom. The summed E-state index contributed by atoms with van der Waals surface area (Å²) >= 11 is 0. The Morgan fingerprint density at radius 2 is 2.11 bits per heavy atom. The Morgan fingerprint density at radius 3 is 2.78 bits per heavy atom. The zero-order valence-electron chi connectivity index (χ0n) is 16.5. The van der Waals surface area contributed by atoms with Gasteiger partial charge in [-0.25, -0.2) is 4.98 Å². The second-order valence-electron chi connectivity index (χ2n) is 8.11. The number of benzene rings is 1. The summed E-state index contributed by atoms with van der Waals surface area (Å²) in [4.78, 5) is 11.8. The molecule has 0 bridgehead atoms. The van der Waals surface area contributed by atoms with Crippen molar-refractivity contribution in [2.75, 3.05) is 26.2 Å². The van der Waals surface area contributed by atoms with Crippen molar-refractivity contribution in [1.29, 1.82) is 0 Å². The second-order valence-corrected chi connectivity index (χ2v) is 8.11. The van der Waals surface area contributed by atoms with E-state index in [9.17, 15) is 0 Å². The minimum atomic E-state index is 0.259. The zero-order valence-corrected chi connectivity index (χ0v) is 16.5. The van der Waals surface area contributed by atoms with Crippen LogP contribution in [0.15, 0.2) is 54.0 Å². The summed E-state index contributed by atoms with van der Waals surface area (Å²) in [5.41, 5.74) is 1.70. The standard InChI is InChI=1S/C22H31N5/c1-3-24-21(25-16-22(10-11-22)19-7-5-4-6-8-19)26-13-9-18(2)20(15-26)27-14-12-23-17-27/h4-8,12,14,17-18,20H,3,9-11,13,15-16H2,1-2H3,(H,24,25). The van der Waals surface area contributed by atoms with Gasteiger partial charge in [0.1, 0.15) is 0 Å². The number of guanidine groups is 1. The van der Waals surface area contributed by atoms with Gasteiger partial charge >= 0.3 is 0 Å². The van der Waals surface area contributed by atoms with Crippen LogP contribution >= 0.6 is 0 Å². The van der Waals surface area contributed by atoms with Crippen LogP contribution in [0.2, 0.25) is 0 Å². The van der Waals surface area contributed by atoms with Gasteiger partial charge in [-0.2, -0.15) is 0 Å². The van der Waals surface area contributed by atoms with Gasteiger partial charge in [0.05, 0.1) is 18.9 Å². The minimum absolute atomic E-state index is 0.259. The number of imidazole rings is 1. The highest BCUT2D eigenvalue weighted by Gasteiger charge is 2.44. The molecule has 27 heavy (non-hydrogen) atoms. The number of likely N-dealkylation sites (tertiary alicyclic amines) is 1. The molecule has 2 aliphatic rings. The third kappa shape index (κ3) is 3.87. The van der Waals surface area contributed by atoms with Crippen LogP contribution < -0.4 is 5.32 Å². The Balaban J connectivity index is 1.49. The van der Waals surface area contributed by atoms with Gasteiger partial charge in [0.25, 0.3) is 0 Å². The van der Waals surface area contributed by atoms with Crippen molar-refractivity contribution in [3.63, 3.8) is 0 Å². The van der Waals surface area contributed by atoms with Crippen LogP contribution in [-0.2, 0) is 5.41 Å². The topological polar surface area (TPSA) is 45.5 Å². The highest BCUT2D eigenvalue weighted by molar-refractivity contribution is 5.80. The Hall–Kier alpha value is -2.30. The SMILES string of the molecule is CCNC(=NCC1(c2ccccc2)CC1)N1CCC(C)C(n2ccnc2)C1. The normalized spacial score (nSPS) is 24.7. The van der Waals surface area contributed by atoms with Crippen molar-refractivity contribution in [3.05, 3.63) is 54.6 Å². The lowest BCUT2D eigenvalue weighted by molar-refractivity contribution is 0.189. The Kier molecular flexibility index (Phi) is 5.19. The van der Waals surface area contributed by atoms with Gasteiger partial charge < -0.3 is 14.8 Å². The molecule has 1 N–H and O–H groups in total. The number of hydrogen-bond acceptors (Lipinski definition) is 2. The summed E-state index contributed by atoms with van der Waals surface area (Å²) in [6.07, 6.45) is 9.58. The summed E-state index contributed by atoms with van der Waals surface area (Å²) in [5, 5.41) is 3.54. The van der Waals surface area contributed by atoms with E-state index in [2.05, 4.69) is 70.1 Å². The van der Waals surface area contributed by atoms with Crippen LogP contribution in [0.5, 0.6) is 0 Å². The van der Waals surface area contributed by atoms with Gasteiger partial charge in [-0.05, 0) is 37.7 Å². The Labute approximate surface area is 162 Å². The van der Waals surface area contributed by atoms with E-state index in [4.69, 9.17) is 4.99 Å². The predicted octanol–water partition coefficient (Wildman–Crippen LogP) is 3.46. The van der Waals surface area contributed by atoms with Gasteiger partial charge in [-0.1, -0.05) is 37.3 Å². The van der Waals surface area contributed by atoms with Crippen molar-refractivity contribution in [1.82, 2.24) is 19.8 Å². The zero-order chi connectivity index (χ0) is 18.7. The molecule has 2 fully saturated rings. The van der Waals surface area contributed by atoms with E-state index in [-0.39, 0.29) is 5.41 Å². The highest BCUT2D eigenvalue weighted by atomic mass is 15.3. The maximum absolute atomic E-state index is 5.10. The predicted molar refractivity (Wildman–Crippen MR) is 110 cm³/mol. The number of hydrogen-bond donors (Lipinski definition) is 1. The maximum Gasteiger partial charge on any atom is 0.194 e. The number of rotatable bonds is 5. The summed E-state index contributed by atoms with van der Waals surface area (Å²) in [5.74, 6) is 1.72. The van der Waals surface area contributed by atoms with Crippen LogP contribution in [0.4, 0.5) is 0 Å². The average molecular weight is 366 g/mol. The number of nitrogens with one attached hydrogen (secondary N) is 1. The lowest BCUT2D eigenvalue weighted by atomic mass is 9.93. The number of aromatic nitrogens is 2. The van der Waals surface area contributed by atoms with E-state index < -0.39 is 0 Å². The lowest BCUT2D eigenvalue weighted by Crippen LogP contribution is -2.49. The summed E-state index contributed by atoms with van der Waals surface area (Å²) in [7, 11) is 0. The summed E-state index contributed by atoms with van der Waals surface area (Å²) in [6, 6.07) is 11.4. The fourth-order valence-electron chi connectivity index (χ4n) is 4.23. The first-order chi connectivity index (χ1) is 13.2. The number of piperidine rings is 1. The minimum Gasteiger partial charge on any atom is -0.357 e. The molecule has 1 saturated carbocycles. The number of aliphatic imine (C=N–C) groups is 1. The van der Waals surface area contributed by atoms with Crippen LogP contribution in [0.25, 0.3) is 0 Å². The molecule has 1 aliphatic heterocycles. The monoisotopic (exact) mass is 365 g/mol. The Bertz CT molecular complexity index is 748. The molecule has 1 aromatic heterocycles. The van der Waals surface area contributed by atoms with Crippen LogP contribution in [0, 0.1) is 5.92 Å². The van der Waals surface area contributed by atoms with Crippen molar-refractivity contribution in [2.24, 2.45) is 10.9 Å². The van der Waals surface area contributed by atoms with Gasteiger partial charge in [0.15, 0.2) is 5.96 Å². The van der Waals surface area contributed by atoms with Crippen molar-refractivity contribution < 1.29 is 0 Å². The molecule has 144 valence electrons. The molecule has 1 aliphatic carbocycles. The third-order valence-corrected chi connectivity index (χ3v) is 6.23. The van der Waals surface area contributed by atoms with E-state index >= 15 is 0 Å². The summed E-state index contributed by atoms with van der Waals surface area (Å²) in [6.45, 7) is 8.33. The van der Waals surface area contributed by atoms with Gasteiger partial charge in [-0.3, -0.25) is 4.99 Å². The second kappa shape index (κ2) is 7.75. The fraction of sp³-hybridized carbons (Fsp3) is 0.545. The maximum atomic E-state index is 5.10. The summed E-state index contributed by atoms with van der Waals surface area (Å²) < 4.78 is 2.26. The molecule has 0 radical (unpaired) electrons. The van der Waals surface area contributed by atoms with E-state index in [1.54, 1.807) is 0 Å². The molecule has 2 atom stereocenters. The number of nitrogens with zero attached hydrogens (tertiary/aromatic N) is 4. The molecule has 4 rings (SSSR count). The fourth-order valence-corrected chi connectivity index (χ4v) is 4.23. The van der Waals surface area contributed by atoms with Crippen LogP contribution in [0.1, 0.15) is 44.7 Å².